The van der Waals surface area contributed by atoms with E-state index in [0.29, 0.717) is 0 Å². The first kappa shape index (κ1) is 14.6. The van der Waals surface area contributed by atoms with Gasteiger partial charge in [-0.15, -0.1) is 0 Å². The molecule has 0 aliphatic heterocycles. The van der Waals surface area contributed by atoms with Crippen molar-refractivity contribution in [2.24, 2.45) is 0 Å². The monoisotopic (exact) mass is 339 g/mol. The highest BCUT2D eigenvalue weighted by molar-refractivity contribution is 5.98. The summed E-state index contributed by atoms with van der Waals surface area (Å²) in [5.41, 5.74) is 5.70. The molecule has 5 heteroatoms. The van der Waals surface area contributed by atoms with Crippen LogP contribution in [0, 0.1) is 10.1 Å². The zero-order valence-electron chi connectivity index (χ0n) is 13.7. The maximum absolute atomic E-state index is 11.2. The van der Waals surface area contributed by atoms with Crippen LogP contribution in [-0.4, -0.2) is 14.3 Å². The number of nitro benzene ring substituents is 1. The largest absolute Gasteiger partial charge is 0.292 e. The van der Waals surface area contributed by atoms with E-state index in [4.69, 9.17) is 4.98 Å². The van der Waals surface area contributed by atoms with Crippen LogP contribution in [0.2, 0.25) is 0 Å². The van der Waals surface area contributed by atoms with Crippen LogP contribution >= 0.6 is 0 Å². The Labute approximate surface area is 148 Å². The minimum Gasteiger partial charge on any atom is -0.292 e. The number of imidazole rings is 1. The third-order valence-electron chi connectivity index (χ3n) is 4.65. The number of rotatable bonds is 2. The number of benzene rings is 3. The maximum atomic E-state index is 11.2. The zero-order valence-corrected chi connectivity index (χ0v) is 13.7. The summed E-state index contributed by atoms with van der Waals surface area (Å²) in [5, 5.41) is 12.0. The van der Waals surface area contributed by atoms with Crippen LogP contribution in [0.25, 0.3) is 38.7 Å². The molecule has 26 heavy (non-hydrogen) atoms. The standard InChI is InChI=1S/C21H13N3O2/c25-24(26)16-10-11-19-15(12-16)13-17(14-6-2-1-3-7-14)21-22-18-8-4-5-9-20(18)23(19)21/h1-13H. The number of non-ortho nitro benzene ring substituents is 1. The van der Waals surface area contributed by atoms with Gasteiger partial charge >= 0.3 is 0 Å². The molecule has 124 valence electrons. The van der Waals surface area contributed by atoms with Crippen LogP contribution in [-0.2, 0) is 0 Å². The molecule has 0 radical (unpaired) electrons. The lowest BCUT2D eigenvalue weighted by Gasteiger charge is -2.09. The quantitative estimate of drug-likeness (QED) is 0.327. The van der Waals surface area contributed by atoms with Crippen molar-refractivity contribution in [2.75, 3.05) is 0 Å². The predicted octanol–water partition coefficient (Wildman–Crippen LogP) is 5.22. The number of hydrogen-bond acceptors (Lipinski definition) is 3. The Bertz CT molecular complexity index is 1310. The molecule has 0 bridgehead atoms. The zero-order chi connectivity index (χ0) is 17.7. The summed E-state index contributed by atoms with van der Waals surface area (Å²) in [6.45, 7) is 0. The SMILES string of the molecule is O=[N+]([O-])c1ccc2c(c1)cc(-c1ccccc1)c1nc3ccccc3n12. The summed E-state index contributed by atoms with van der Waals surface area (Å²) in [6.07, 6.45) is 0. The molecule has 5 aromatic rings. The molecule has 0 saturated carbocycles. The van der Waals surface area contributed by atoms with Crippen LogP contribution in [0.3, 0.4) is 0 Å². The van der Waals surface area contributed by atoms with Crippen molar-refractivity contribution in [1.82, 2.24) is 9.38 Å². The lowest BCUT2D eigenvalue weighted by molar-refractivity contribution is -0.384. The number of pyridine rings is 1. The van der Waals surface area contributed by atoms with Crippen LogP contribution in [0.1, 0.15) is 0 Å². The van der Waals surface area contributed by atoms with Crippen molar-refractivity contribution in [2.45, 2.75) is 0 Å². The van der Waals surface area contributed by atoms with Gasteiger partial charge in [0.2, 0.25) is 0 Å². The van der Waals surface area contributed by atoms with E-state index in [1.54, 1.807) is 18.2 Å². The minimum atomic E-state index is -0.363. The van der Waals surface area contributed by atoms with E-state index in [1.807, 2.05) is 60.7 Å². The Hall–Kier alpha value is -3.73. The van der Waals surface area contributed by atoms with Crippen molar-refractivity contribution in [1.29, 1.82) is 0 Å². The average molecular weight is 339 g/mol. The van der Waals surface area contributed by atoms with Gasteiger partial charge in [-0.25, -0.2) is 4.98 Å². The normalized spacial score (nSPS) is 11.4. The van der Waals surface area contributed by atoms with E-state index in [2.05, 4.69) is 4.40 Å². The molecule has 0 atom stereocenters. The van der Waals surface area contributed by atoms with E-state index in [1.165, 1.54) is 0 Å². The number of aromatic nitrogens is 2. The molecule has 0 aliphatic rings. The molecule has 2 aromatic heterocycles. The Kier molecular flexibility index (Phi) is 3.03. The number of nitro groups is 1. The fourth-order valence-electron chi connectivity index (χ4n) is 3.48. The molecule has 0 amide bonds. The van der Waals surface area contributed by atoms with Gasteiger partial charge in [0.05, 0.1) is 21.5 Å². The van der Waals surface area contributed by atoms with Crippen LogP contribution in [0.4, 0.5) is 5.69 Å². The first-order valence-electron chi connectivity index (χ1n) is 8.26. The Morgan fingerprint density at radius 2 is 1.62 bits per heavy atom. The maximum Gasteiger partial charge on any atom is 0.270 e. The molecule has 0 unspecified atom stereocenters. The summed E-state index contributed by atoms with van der Waals surface area (Å²) in [7, 11) is 0. The molecule has 0 aliphatic carbocycles. The van der Waals surface area contributed by atoms with Gasteiger partial charge in [0.25, 0.3) is 5.69 Å². The predicted molar refractivity (Wildman–Crippen MR) is 102 cm³/mol. The van der Waals surface area contributed by atoms with Gasteiger partial charge < -0.3 is 0 Å². The second kappa shape index (κ2) is 5.39. The van der Waals surface area contributed by atoms with Crippen LogP contribution < -0.4 is 0 Å². The third kappa shape index (κ3) is 2.07. The summed E-state index contributed by atoms with van der Waals surface area (Å²) < 4.78 is 2.08. The first-order valence-corrected chi connectivity index (χ1v) is 8.26. The number of para-hydroxylation sites is 2. The lowest BCUT2D eigenvalue weighted by Crippen LogP contribution is -1.94. The van der Waals surface area contributed by atoms with E-state index >= 15 is 0 Å². The molecule has 5 rings (SSSR count). The molecule has 0 saturated heterocycles. The third-order valence-corrected chi connectivity index (χ3v) is 4.65. The van der Waals surface area contributed by atoms with Gasteiger partial charge in [-0.1, -0.05) is 42.5 Å². The lowest BCUT2D eigenvalue weighted by atomic mass is 10.0. The summed E-state index contributed by atoms with van der Waals surface area (Å²) in [4.78, 5) is 15.7. The molecule has 3 aromatic carbocycles. The molecule has 0 spiro atoms. The Morgan fingerprint density at radius 1 is 0.846 bits per heavy atom. The Morgan fingerprint density at radius 3 is 2.42 bits per heavy atom. The summed E-state index contributed by atoms with van der Waals surface area (Å²) in [5.74, 6) is 0. The summed E-state index contributed by atoms with van der Waals surface area (Å²) in [6, 6.07) is 24.9. The fraction of sp³-hybridized carbons (Fsp3) is 0. The van der Waals surface area contributed by atoms with Gasteiger partial charge in [0.15, 0.2) is 0 Å². The van der Waals surface area contributed by atoms with Crippen molar-refractivity contribution < 1.29 is 4.92 Å². The van der Waals surface area contributed by atoms with Gasteiger partial charge in [-0.2, -0.15) is 0 Å². The molecule has 2 heterocycles. The van der Waals surface area contributed by atoms with Crippen LogP contribution in [0.5, 0.6) is 0 Å². The topological polar surface area (TPSA) is 60.4 Å². The van der Waals surface area contributed by atoms with Crippen molar-refractivity contribution in [3.05, 3.63) is 89.0 Å². The highest BCUT2D eigenvalue weighted by Gasteiger charge is 2.15. The number of nitrogens with zero attached hydrogens (tertiary/aromatic N) is 3. The molecule has 0 fully saturated rings. The highest BCUT2D eigenvalue weighted by Crippen LogP contribution is 2.33. The van der Waals surface area contributed by atoms with E-state index in [-0.39, 0.29) is 10.6 Å². The average Bonchev–Trinajstić information content (AvgIpc) is 3.07. The van der Waals surface area contributed by atoms with E-state index in [0.717, 1.165) is 38.7 Å². The highest BCUT2D eigenvalue weighted by atomic mass is 16.6. The van der Waals surface area contributed by atoms with Gasteiger partial charge in [0.1, 0.15) is 5.65 Å². The second-order valence-corrected chi connectivity index (χ2v) is 6.18. The molecule has 5 nitrogen and oxygen atoms in total. The van der Waals surface area contributed by atoms with Crippen molar-refractivity contribution >= 4 is 33.3 Å². The van der Waals surface area contributed by atoms with Crippen molar-refractivity contribution in [3.63, 3.8) is 0 Å². The second-order valence-electron chi connectivity index (χ2n) is 6.18. The molecule has 0 N–H and O–H groups in total. The van der Waals surface area contributed by atoms with Gasteiger partial charge in [-0.3, -0.25) is 14.5 Å². The van der Waals surface area contributed by atoms with E-state index in [9.17, 15) is 10.1 Å². The van der Waals surface area contributed by atoms with Crippen molar-refractivity contribution in [3.8, 4) is 11.1 Å². The number of hydrogen-bond donors (Lipinski definition) is 0. The number of fused-ring (bicyclic) bond motifs is 5. The first-order chi connectivity index (χ1) is 12.7. The fourth-order valence-corrected chi connectivity index (χ4v) is 3.48. The van der Waals surface area contributed by atoms with Crippen LogP contribution in [0.15, 0.2) is 78.9 Å². The van der Waals surface area contributed by atoms with Gasteiger partial charge in [0, 0.05) is 23.1 Å². The van der Waals surface area contributed by atoms with E-state index < -0.39 is 0 Å². The Balaban J connectivity index is 2.00. The summed E-state index contributed by atoms with van der Waals surface area (Å²) >= 11 is 0. The smallest absolute Gasteiger partial charge is 0.270 e. The molecular weight excluding hydrogens is 326 g/mol. The van der Waals surface area contributed by atoms with Gasteiger partial charge in [-0.05, 0) is 29.8 Å². The molecular formula is C21H13N3O2. The minimum absolute atomic E-state index is 0.0836.